The standard InChI is InChI=1S/C9H9BrCl2S/c1-9(2-3-9)7(11)6-4-5(10)8(12)13-6/h4,7H,2-3H2,1H3. The lowest BCUT2D eigenvalue weighted by atomic mass is 10.0. The van der Waals surface area contributed by atoms with Crippen LogP contribution in [0.2, 0.25) is 4.34 Å². The van der Waals surface area contributed by atoms with E-state index >= 15 is 0 Å². The summed E-state index contributed by atoms with van der Waals surface area (Å²) in [5, 5.41) is 0.126. The Hall–Kier alpha value is 0.760. The molecule has 0 amide bonds. The topological polar surface area (TPSA) is 0 Å². The minimum absolute atomic E-state index is 0.126. The number of rotatable bonds is 2. The summed E-state index contributed by atoms with van der Waals surface area (Å²) in [5.74, 6) is 0. The van der Waals surface area contributed by atoms with Gasteiger partial charge in [-0.15, -0.1) is 22.9 Å². The van der Waals surface area contributed by atoms with Crippen molar-refractivity contribution in [2.24, 2.45) is 5.41 Å². The van der Waals surface area contributed by atoms with Crippen LogP contribution in [0.4, 0.5) is 0 Å². The summed E-state index contributed by atoms with van der Waals surface area (Å²) >= 11 is 17.3. The van der Waals surface area contributed by atoms with Crippen LogP contribution in [-0.4, -0.2) is 0 Å². The fourth-order valence-corrected chi connectivity index (χ4v) is 3.59. The van der Waals surface area contributed by atoms with E-state index in [0.29, 0.717) is 5.41 Å². The third-order valence-corrected chi connectivity index (χ3v) is 6.00. The summed E-state index contributed by atoms with van der Waals surface area (Å²) in [7, 11) is 0. The molecule has 0 aromatic carbocycles. The fraction of sp³-hybridized carbons (Fsp3) is 0.556. The van der Waals surface area contributed by atoms with Gasteiger partial charge >= 0.3 is 0 Å². The molecule has 1 saturated carbocycles. The maximum Gasteiger partial charge on any atom is 0.107 e. The van der Waals surface area contributed by atoms with Crippen molar-refractivity contribution in [3.63, 3.8) is 0 Å². The van der Waals surface area contributed by atoms with Crippen molar-refractivity contribution in [3.05, 3.63) is 19.8 Å². The van der Waals surface area contributed by atoms with E-state index in [9.17, 15) is 0 Å². The number of halogens is 3. The van der Waals surface area contributed by atoms with Crippen LogP contribution < -0.4 is 0 Å². The third-order valence-electron chi connectivity index (χ3n) is 2.56. The summed E-state index contributed by atoms with van der Waals surface area (Å²) < 4.78 is 1.76. The molecule has 0 saturated heterocycles. The Morgan fingerprint density at radius 2 is 2.23 bits per heavy atom. The first-order valence-corrected chi connectivity index (χ1v) is 6.54. The summed E-state index contributed by atoms with van der Waals surface area (Å²) in [6, 6.07) is 2.04. The van der Waals surface area contributed by atoms with Gasteiger partial charge in [0, 0.05) is 9.35 Å². The van der Waals surface area contributed by atoms with Crippen molar-refractivity contribution < 1.29 is 0 Å². The van der Waals surface area contributed by atoms with Crippen LogP contribution in [0.3, 0.4) is 0 Å². The van der Waals surface area contributed by atoms with Crippen LogP contribution in [0.5, 0.6) is 0 Å². The lowest BCUT2D eigenvalue weighted by Gasteiger charge is -2.13. The molecular weight excluding hydrogens is 291 g/mol. The minimum Gasteiger partial charge on any atom is -0.126 e. The van der Waals surface area contributed by atoms with E-state index < -0.39 is 0 Å². The SMILES string of the molecule is CC1(C(Cl)c2cc(Br)c(Cl)s2)CC1. The Balaban J connectivity index is 2.25. The first kappa shape index (κ1) is 10.3. The summed E-state index contributed by atoms with van der Waals surface area (Å²) in [4.78, 5) is 1.18. The Bertz CT molecular complexity index is 311. The van der Waals surface area contributed by atoms with E-state index in [-0.39, 0.29) is 5.38 Å². The van der Waals surface area contributed by atoms with E-state index in [1.165, 1.54) is 17.7 Å². The Labute approximate surface area is 100 Å². The molecule has 1 fully saturated rings. The average molecular weight is 300 g/mol. The van der Waals surface area contributed by atoms with Gasteiger partial charge in [0.25, 0.3) is 0 Å². The van der Waals surface area contributed by atoms with E-state index in [4.69, 9.17) is 23.2 Å². The molecular formula is C9H9BrCl2S. The summed E-state index contributed by atoms with van der Waals surface area (Å²) in [6.07, 6.45) is 2.46. The van der Waals surface area contributed by atoms with Gasteiger partial charge in [-0.2, -0.15) is 0 Å². The van der Waals surface area contributed by atoms with Crippen LogP contribution in [0.1, 0.15) is 30.0 Å². The van der Waals surface area contributed by atoms with Crippen molar-refractivity contribution in [1.29, 1.82) is 0 Å². The molecule has 0 radical (unpaired) electrons. The molecule has 4 heteroatoms. The average Bonchev–Trinajstić information content (AvgIpc) is 2.74. The van der Waals surface area contributed by atoms with Gasteiger partial charge in [0.2, 0.25) is 0 Å². The minimum atomic E-state index is 0.126. The second kappa shape index (κ2) is 3.41. The molecule has 1 aromatic rings. The zero-order chi connectivity index (χ0) is 9.64. The molecule has 0 N–H and O–H groups in total. The predicted octanol–water partition coefficient (Wildman–Crippen LogP) is 5.24. The second-order valence-electron chi connectivity index (χ2n) is 3.79. The van der Waals surface area contributed by atoms with Crippen LogP contribution in [-0.2, 0) is 0 Å². The second-order valence-corrected chi connectivity index (χ2v) is 6.76. The number of thiophene rings is 1. The molecule has 1 aliphatic carbocycles. The van der Waals surface area contributed by atoms with Crippen molar-refractivity contribution in [3.8, 4) is 0 Å². The van der Waals surface area contributed by atoms with Gasteiger partial charge in [-0.25, -0.2) is 0 Å². The Morgan fingerprint density at radius 3 is 2.62 bits per heavy atom. The molecule has 1 atom stereocenters. The molecule has 0 bridgehead atoms. The predicted molar refractivity (Wildman–Crippen MR) is 63.0 cm³/mol. The molecule has 1 heterocycles. The lowest BCUT2D eigenvalue weighted by molar-refractivity contribution is 0.555. The van der Waals surface area contributed by atoms with E-state index in [0.717, 1.165) is 8.81 Å². The van der Waals surface area contributed by atoms with Gasteiger partial charge in [-0.3, -0.25) is 0 Å². The molecule has 0 spiro atoms. The molecule has 0 nitrogen and oxygen atoms in total. The zero-order valence-corrected chi connectivity index (χ0v) is 11.0. The lowest BCUT2D eigenvalue weighted by Crippen LogP contribution is -2.01. The van der Waals surface area contributed by atoms with Gasteiger partial charge in [-0.05, 0) is 40.3 Å². The zero-order valence-electron chi connectivity index (χ0n) is 7.11. The molecule has 1 aromatic heterocycles. The van der Waals surface area contributed by atoms with E-state index in [2.05, 4.69) is 22.9 Å². The van der Waals surface area contributed by atoms with Gasteiger partial charge in [0.1, 0.15) is 4.34 Å². The van der Waals surface area contributed by atoms with Gasteiger partial charge in [-0.1, -0.05) is 18.5 Å². The van der Waals surface area contributed by atoms with Crippen molar-refractivity contribution >= 4 is 50.5 Å². The van der Waals surface area contributed by atoms with Crippen LogP contribution in [0, 0.1) is 5.41 Å². The van der Waals surface area contributed by atoms with Crippen molar-refractivity contribution in [1.82, 2.24) is 0 Å². The molecule has 13 heavy (non-hydrogen) atoms. The van der Waals surface area contributed by atoms with Gasteiger partial charge < -0.3 is 0 Å². The van der Waals surface area contributed by atoms with E-state index in [1.807, 2.05) is 6.07 Å². The van der Waals surface area contributed by atoms with Gasteiger partial charge in [0.05, 0.1) is 5.38 Å². The van der Waals surface area contributed by atoms with Crippen LogP contribution in [0.25, 0.3) is 0 Å². The third kappa shape index (κ3) is 1.92. The first-order valence-electron chi connectivity index (χ1n) is 4.12. The largest absolute Gasteiger partial charge is 0.126 e. The first-order chi connectivity index (χ1) is 6.03. The Kier molecular flexibility index (Phi) is 2.69. The maximum absolute atomic E-state index is 6.36. The highest BCUT2D eigenvalue weighted by Gasteiger charge is 2.45. The fourth-order valence-electron chi connectivity index (χ4n) is 1.28. The highest BCUT2D eigenvalue weighted by molar-refractivity contribution is 9.10. The molecule has 72 valence electrons. The van der Waals surface area contributed by atoms with Gasteiger partial charge in [0.15, 0.2) is 0 Å². The highest BCUT2D eigenvalue weighted by Crippen LogP contribution is 2.59. The smallest absolute Gasteiger partial charge is 0.107 e. The molecule has 0 aliphatic heterocycles. The normalized spacial score (nSPS) is 21.5. The quantitative estimate of drug-likeness (QED) is 0.655. The number of alkyl halides is 1. The van der Waals surface area contributed by atoms with E-state index in [1.54, 1.807) is 11.3 Å². The van der Waals surface area contributed by atoms with Crippen molar-refractivity contribution in [2.45, 2.75) is 25.1 Å². The molecule has 1 unspecified atom stereocenters. The monoisotopic (exact) mass is 298 g/mol. The number of hydrogen-bond donors (Lipinski definition) is 0. The van der Waals surface area contributed by atoms with Crippen LogP contribution >= 0.6 is 50.5 Å². The Morgan fingerprint density at radius 1 is 1.62 bits per heavy atom. The van der Waals surface area contributed by atoms with Crippen LogP contribution in [0.15, 0.2) is 10.5 Å². The molecule has 1 aliphatic rings. The number of hydrogen-bond acceptors (Lipinski definition) is 1. The summed E-state index contributed by atoms with van der Waals surface area (Å²) in [5.41, 5.74) is 0.315. The highest BCUT2D eigenvalue weighted by atomic mass is 79.9. The summed E-state index contributed by atoms with van der Waals surface area (Å²) in [6.45, 7) is 2.23. The molecule has 2 rings (SSSR count). The van der Waals surface area contributed by atoms with Crippen molar-refractivity contribution in [2.75, 3.05) is 0 Å². The maximum atomic E-state index is 6.36.